The van der Waals surface area contributed by atoms with Crippen molar-refractivity contribution in [1.82, 2.24) is 10.6 Å². The van der Waals surface area contributed by atoms with Crippen molar-refractivity contribution in [1.29, 1.82) is 0 Å². The number of aliphatic carboxylic acids is 1. The molecule has 0 aliphatic carbocycles. The summed E-state index contributed by atoms with van der Waals surface area (Å²) in [6.45, 7) is 16.2. The van der Waals surface area contributed by atoms with Gasteiger partial charge in [0.2, 0.25) is 0 Å². The Bertz CT molecular complexity index is 598. The number of rotatable bonds is 4. The van der Waals surface area contributed by atoms with Crippen molar-refractivity contribution >= 4 is 24.1 Å². The second kappa shape index (κ2) is 10.3. The molecule has 0 saturated heterocycles. The molecule has 0 saturated carbocycles. The quantitative estimate of drug-likeness (QED) is 0.466. The number of hydrogen-bond acceptors (Lipinski definition) is 7. The van der Waals surface area contributed by atoms with Crippen molar-refractivity contribution in [3.05, 3.63) is 0 Å². The Balaban J connectivity index is 0. The molecule has 0 aromatic heterocycles. The van der Waals surface area contributed by atoms with Gasteiger partial charge >= 0.3 is 24.1 Å². The van der Waals surface area contributed by atoms with Crippen molar-refractivity contribution < 1.29 is 38.5 Å². The summed E-state index contributed by atoms with van der Waals surface area (Å²) in [7, 11) is 1.26. The predicted octanol–water partition coefficient (Wildman–Crippen LogP) is 2.84. The zero-order chi connectivity index (χ0) is 23.8. The molecule has 3 N–H and O–H groups in total. The molecule has 0 spiro atoms. The van der Waals surface area contributed by atoms with E-state index in [1.54, 1.807) is 55.4 Å². The highest BCUT2D eigenvalue weighted by Gasteiger charge is 2.32. The van der Waals surface area contributed by atoms with Gasteiger partial charge in [0.15, 0.2) is 0 Å². The maximum absolute atomic E-state index is 11.4. The average Bonchev–Trinajstić information content (AvgIpc) is 2.41. The number of carboxylic acid groups (broad SMARTS) is 1. The van der Waals surface area contributed by atoms with Crippen LogP contribution in [0.3, 0.4) is 0 Å². The van der Waals surface area contributed by atoms with Crippen LogP contribution in [0.4, 0.5) is 9.59 Å². The Morgan fingerprint density at radius 3 is 1.21 bits per heavy atom. The first kappa shape index (κ1) is 28.7. The average molecular weight is 421 g/mol. The fourth-order valence-electron chi connectivity index (χ4n) is 1.48. The minimum atomic E-state index is -1.32. The highest BCUT2D eigenvalue weighted by atomic mass is 16.6. The first-order valence-corrected chi connectivity index (χ1v) is 8.97. The molecule has 29 heavy (non-hydrogen) atoms. The minimum Gasteiger partial charge on any atom is -0.480 e. The van der Waals surface area contributed by atoms with Crippen LogP contribution in [0.2, 0.25) is 0 Å². The maximum Gasteiger partial charge on any atom is 0.408 e. The van der Waals surface area contributed by atoms with E-state index < -0.39 is 46.4 Å². The highest BCUT2D eigenvalue weighted by Crippen LogP contribution is 2.11. The third-order valence-electron chi connectivity index (χ3n) is 2.86. The van der Waals surface area contributed by atoms with E-state index in [9.17, 15) is 19.2 Å². The first-order chi connectivity index (χ1) is 12.6. The molecular weight excluding hydrogens is 384 g/mol. The van der Waals surface area contributed by atoms with Gasteiger partial charge in [-0.2, -0.15) is 0 Å². The summed E-state index contributed by atoms with van der Waals surface area (Å²) in [5.41, 5.74) is -3.62. The number of carbonyl (C=O) groups is 4. The summed E-state index contributed by atoms with van der Waals surface area (Å²) >= 11 is 0. The van der Waals surface area contributed by atoms with Crippen LogP contribution in [0.5, 0.6) is 0 Å². The number of ether oxygens (including phenoxy) is 3. The van der Waals surface area contributed by atoms with Crippen LogP contribution in [0.1, 0.15) is 69.2 Å². The van der Waals surface area contributed by atoms with Crippen molar-refractivity contribution in [2.45, 2.75) is 91.5 Å². The number of carbonyl (C=O) groups excluding carboxylic acids is 3. The molecule has 0 bridgehead atoms. The molecule has 0 fully saturated rings. The van der Waals surface area contributed by atoms with Crippen molar-refractivity contribution in [3.63, 3.8) is 0 Å². The number of amides is 2. The number of nitrogens with one attached hydrogen (secondary N) is 2. The van der Waals surface area contributed by atoms with E-state index in [0.29, 0.717) is 0 Å². The van der Waals surface area contributed by atoms with Crippen LogP contribution >= 0.6 is 0 Å². The van der Waals surface area contributed by atoms with Gasteiger partial charge in [0, 0.05) is 0 Å². The standard InChI is InChI=1S/C10H19NO4.C9H17NO4/c1-9(2,3)15-8(13)11-10(4,5)7(12)14-6;1-8(2,3)14-7(13)10-9(4,5)6(11)12/h1-6H3,(H,11,13);1-5H3,(H,10,13)(H,11,12). The molecule has 0 aromatic carbocycles. The lowest BCUT2D eigenvalue weighted by Crippen LogP contribution is -2.51. The maximum atomic E-state index is 11.4. The van der Waals surface area contributed by atoms with E-state index in [4.69, 9.17) is 14.6 Å². The van der Waals surface area contributed by atoms with Crippen LogP contribution in [-0.2, 0) is 23.8 Å². The van der Waals surface area contributed by atoms with Gasteiger partial charge in [0.25, 0.3) is 0 Å². The molecule has 10 nitrogen and oxygen atoms in total. The van der Waals surface area contributed by atoms with Crippen LogP contribution in [0.15, 0.2) is 0 Å². The second-order valence-corrected chi connectivity index (χ2v) is 9.30. The molecule has 0 atom stereocenters. The summed E-state index contributed by atoms with van der Waals surface area (Å²) in [5.74, 6) is -1.63. The Morgan fingerprint density at radius 2 is 0.966 bits per heavy atom. The van der Waals surface area contributed by atoms with Crippen molar-refractivity contribution in [3.8, 4) is 0 Å². The van der Waals surface area contributed by atoms with Gasteiger partial charge in [-0.1, -0.05) is 0 Å². The zero-order valence-electron chi connectivity index (χ0n) is 19.3. The van der Waals surface area contributed by atoms with Gasteiger partial charge in [-0.05, 0) is 69.2 Å². The highest BCUT2D eigenvalue weighted by molar-refractivity contribution is 5.85. The summed E-state index contributed by atoms with van der Waals surface area (Å²) in [5, 5.41) is 13.4. The summed E-state index contributed by atoms with van der Waals surface area (Å²) in [6, 6.07) is 0. The van der Waals surface area contributed by atoms with E-state index in [1.165, 1.54) is 21.0 Å². The molecule has 10 heteroatoms. The number of alkyl carbamates (subject to hydrolysis) is 2. The fraction of sp³-hybridized carbons (Fsp3) is 0.789. The molecule has 2 amide bonds. The molecule has 0 rings (SSSR count). The lowest BCUT2D eigenvalue weighted by Gasteiger charge is -2.26. The Kier molecular flexibility index (Phi) is 10.2. The van der Waals surface area contributed by atoms with Gasteiger partial charge in [-0.15, -0.1) is 0 Å². The van der Waals surface area contributed by atoms with Crippen LogP contribution in [0.25, 0.3) is 0 Å². The number of esters is 1. The van der Waals surface area contributed by atoms with E-state index in [0.717, 1.165) is 0 Å². The first-order valence-electron chi connectivity index (χ1n) is 8.97. The smallest absolute Gasteiger partial charge is 0.408 e. The fourth-order valence-corrected chi connectivity index (χ4v) is 1.48. The topological polar surface area (TPSA) is 140 Å². The van der Waals surface area contributed by atoms with Crippen LogP contribution in [0, 0.1) is 0 Å². The monoisotopic (exact) mass is 420 g/mol. The molecule has 0 aliphatic heterocycles. The zero-order valence-corrected chi connectivity index (χ0v) is 19.3. The molecule has 0 aromatic rings. The summed E-state index contributed by atoms with van der Waals surface area (Å²) in [4.78, 5) is 44.4. The van der Waals surface area contributed by atoms with Gasteiger partial charge in [-0.25, -0.2) is 19.2 Å². The number of carboxylic acids is 1. The lowest BCUT2D eigenvalue weighted by atomic mass is 10.1. The molecule has 170 valence electrons. The van der Waals surface area contributed by atoms with Gasteiger partial charge < -0.3 is 30.0 Å². The number of methoxy groups -OCH3 is 1. The Labute approximate surface area is 172 Å². The van der Waals surface area contributed by atoms with E-state index in [2.05, 4.69) is 15.4 Å². The second-order valence-electron chi connectivity index (χ2n) is 9.30. The molecule has 0 aliphatic rings. The molecule has 0 unspecified atom stereocenters. The third-order valence-corrected chi connectivity index (χ3v) is 2.86. The predicted molar refractivity (Wildman–Crippen MR) is 107 cm³/mol. The van der Waals surface area contributed by atoms with Gasteiger partial charge in [0.05, 0.1) is 7.11 Å². The lowest BCUT2D eigenvalue weighted by molar-refractivity contribution is -0.147. The Hall–Kier alpha value is -2.52. The largest absolute Gasteiger partial charge is 0.480 e. The summed E-state index contributed by atoms with van der Waals surface area (Å²) in [6.07, 6.45) is -1.37. The molecule has 0 heterocycles. The number of hydrogen-bond donors (Lipinski definition) is 3. The van der Waals surface area contributed by atoms with Crippen molar-refractivity contribution in [2.75, 3.05) is 7.11 Å². The normalized spacial score (nSPS) is 12.0. The van der Waals surface area contributed by atoms with Crippen LogP contribution < -0.4 is 10.6 Å². The SMILES string of the molecule is CC(C)(C)OC(=O)NC(C)(C)C(=O)O.COC(=O)C(C)(C)NC(=O)OC(C)(C)C. The van der Waals surface area contributed by atoms with E-state index in [-0.39, 0.29) is 0 Å². The van der Waals surface area contributed by atoms with Crippen molar-refractivity contribution in [2.24, 2.45) is 0 Å². The Morgan fingerprint density at radius 1 is 0.655 bits per heavy atom. The van der Waals surface area contributed by atoms with E-state index >= 15 is 0 Å². The third kappa shape index (κ3) is 14.2. The van der Waals surface area contributed by atoms with E-state index in [1.807, 2.05) is 0 Å². The molecule has 0 radical (unpaired) electrons. The van der Waals surface area contributed by atoms with Gasteiger partial charge in [-0.3, -0.25) is 0 Å². The van der Waals surface area contributed by atoms with Crippen LogP contribution in [-0.4, -0.2) is 58.6 Å². The summed E-state index contributed by atoms with van der Waals surface area (Å²) < 4.78 is 14.5. The minimum absolute atomic E-state index is 0.520. The van der Waals surface area contributed by atoms with Gasteiger partial charge in [0.1, 0.15) is 22.3 Å². The molecular formula is C19H36N2O8.